The van der Waals surface area contributed by atoms with Gasteiger partial charge in [0.2, 0.25) is 0 Å². The smallest absolute Gasteiger partial charge is 0.134 e. The molecule has 0 aliphatic heterocycles. The van der Waals surface area contributed by atoms with Gasteiger partial charge in [0.25, 0.3) is 0 Å². The Bertz CT molecular complexity index is 353. The molecule has 1 aromatic carbocycles. The number of aryl methyl sites for hydroxylation is 1. The molecule has 0 radical (unpaired) electrons. The van der Waals surface area contributed by atoms with Crippen LogP contribution in [-0.2, 0) is 0 Å². The van der Waals surface area contributed by atoms with Gasteiger partial charge in [-0.15, -0.1) is 0 Å². The van der Waals surface area contributed by atoms with Crippen molar-refractivity contribution in [2.45, 2.75) is 6.92 Å². The molecule has 0 saturated carbocycles. The summed E-state index contributed by atoms with van der Waals surface area (Å²) < 4.78 is 5.20. The summed E-state index contributed by atoms with van der Waals surface area (Å²) in [6.07, 6.45) is 1.67. The van der Waals surface area contributed by atoms with Crippen LogP contribution in [0.25, 0.3) is 11.0 Å². The largest absolute Gasteiger partial charge is 0.464 e. The second-order valence-corrected chi connectivity index (χ2v) is 2.97. The number of furan rings is 1. The lowest BCUT2D eigenvalue weighted by molar-refractivity contribution is 0.615. The van der Waals surface area contributed by atoms with Crippen molar-refractivity contribution in [2.24, 2.45) is 0 Å². The van der Waals surface area contributed by atoms with Gasteiger partial charge in [0.1, 0.15) is 5.58 Å². The second kappa shape index (κ2) is 2.28. The Morgan fingerprint density at radius 1 is 1.36 bits per heavy atom. The number of hydrogen-bond donors (Lipinski definition) is 0. The van der Waals surface area contributed by atoms with Gasteiger partial charge in [0, 0.05) is 10.4 Å². The van der Waals surface area contributed by atoms with Crippen molar-refractivity contribution in [2.75, 3.05) is 0 Å². The third-order valence-electron chi connectivity index (χ3n) is 1.73. The SMILES string of the molecule is Cc1cc2occc2cc1Cl. The number of halogens is 1. The van der Waals surface area contributed by atoms with Crippen LogP contribution in [0.4, 0.5) is 0 Å². The van der Waals surface area contributed by atoms with Crippen molar-refractivity contribution < 1.29 is 4.42 Å². The molecule has 1 aromatic heterocycles. The zero-order valence-electron chi connectivity index (χ0n) is 6.10. The zero-order valence-corrected chi connectivity index (χ0v) is 6.85. The molecule has 0 aliphatic rings. The third-order valence-corrected chi connectivity index (χ3v) is 2.14. The Morgan fingerprint density at radius 3 is 3.00 bits per heavy atom. The van der Waals surface area contributed by atoms with E-state index in [0.717, 1.165) is 21.6 Å². The minimum atomic E-state index is 0.791. The maximum Gasteiger partial charge on any atom is 0.134 e. The van der Waals surface area contributed by atoms with Crippen LogP contribution in [0, 0.1) is 6.92 Å². The van der Waals surface area contributed by atoms with Crippen molar-refractivity contribution in [3.63, 3.8) is 0 Å². The molecule has 1 nitrogen and oxygen atoms in total. The highest BCUT2D eigenvalue weighted by atomic mass is 35.5. The van der Waals surface area contributed by atoms with E-state index in [1.807, 2.05) is 25.1 Å². The number of rotatable bonds is 0. The first kappa shape index (κ1) is 6.74. The zero-order chi connectivity index (χ0) is 7.84. The molecule has 11 heavy (non-hydrogen) atoms. The first-order chi connectivity index (χ1) is 5.27. The Balaban J connectivity index is 2.86. The third kappa shape index (κ3) is 1.02. The summed E-state index contributed by atoms with van der Waals surface area (Å²) in [6, 6.07) is 5.76. The molecular weight excluding hydrogens is 160 g/mol. The average Bonchev–Trinajstić information content (AvgIpc) is 2.36. The molecule has 0 saturated heterocycles. The summed E-state index contributed by atoms with van der Waals surface area (Å²) in [5.41, 5.74) is 1.95. The summed E-state index contributed by atoms with van der Waals surface area (Å²) in [5.74, 6) is 0. The van der Waals surface area contributed by atoms with E-state index < -0.39 is 0 Å². The maximum atomic E-state index is 5.90. The average molecular weight is 167 g/mol. The van der Waals surface area contributed by atoms with Crippen LogP contribution < -0.4 is 0 Å². The van der Waals surface area contributed by atoms with Crippen LogP contribution in [0.15, 0.2) is 28.9 Å². The molecule has 1 heterocycles. The molecule has 2 aromatic rings. The number of benzene rings is 1. The standard InChI is InChI=1S/C9H7ClO/c1-6-4-9-7(2-3-11-9)5-8(6)10/h2-5H,1H3. The summed E-state index contributed by atoms with van der Waals surface area (Å²) in [7, 11) is 0. The van der Waals surface area contributed by atoms with E-state index in [1.165, 1.54) is 0 Å². The fourth-order valence-electron chi connectivity index (χ4n) is 1.08. The Hall–Kier alpha value is -0.950. The van der Waals surface area contributed by atoms with Crippen molar-refractivity contribution in [1.82, 2.24) is 0 Å². The molecule has 0 unspecified atom stereocenters. The fourth-order valence-corrected chi connectivity index (χ4v) is 1.26. The molecule has 0 bridgehead atoms. The van der Waals surface area contributed by atoms with Crippen LogP contribution in [-0.4, -0.2) is 0 Å². The first-order valence-electron chi connectivity index (χ1n) is 3.41. The molecule has 0 N–H and O–H groups in total. The first-order valence-corrected chi connectivity index (χ1v) is 3.78. The van der Waals surface area contributed by atoms with Gasteiger partial charge in [0.15, 0.2) is 0 Å². The lowest BCUT2D eigenvalue weighted by Crippen LogP contribution is -1.72. The highest BCUT2D eigenvalue weighted by Crippen LogP contribution is 2.23. The Labute approximate surface area is 69.6 Å². The monoisotopic (exact) mass is 166 g/mol. The van der Waals surface area contributed by atoms with Gasteiger partial charge >= 0.3 is 0 Å². The Kier molecular flexibility index (Phi) is 1.40. The topological polar surface area (TPSA) is 13.1 Å². The molecule has 0 atom stereocenters. The highest BCUT2D eigenvalue weighted by molar-refractivity contribution is 6.32. The van der Waals surface area contributed by atoms with E-state index in [1.54, 1.807) is 6.26 Å². The molecule has 0 aliphatic carbocycles. The molecule has 2 rings (SSSR count). The van der Waals surface area contributed by atoms with Gasteiger partial charge in [-0.1, -0.05) is 11.6 Å². The van der Waals surface area contributed by atoms with Gasteiger partial charge < -0.3 is 4.42 Å². The van der Waals surface area contributed by atoms with Crippen LogP contribution >= 0.6 is 11.6 Å². The van der Waals surface area contributed by atoms with E-state index in [0.29, 0.717) is 0 Å². The maximum absolute atomic E-state index is 5.90. The van der Waals surface area contributed by atoms with E-state index >= 15 is 0 Å². The summed E-state index contributed by atoms with van der Waals surface area (Å²) in [6.45, 7) is 1.96. The molecule has 0 fully saturated rings. The summed E-state index contributed by atoms with van der Waals surface area (Å²) in [5, 5.41) is 1.85. The minimum absolute atomic E-state index is 0.791. The lowest BCUT2D eigenvalue weighted by Gasteiger charge is -1.95. The van der Waals surface area contributed by atoms with Crippen LogP contribution in [0.2, 0.25) is 5.02 Å². The molecule has 0 spiro atoms. The quantitative estimate of drug-likeness (QED) is 0.585. The Morgan fingerprint density at radius 2 is 2.18 bits per heavy atom. The predicted molar refractivity (Wildman–Crippen MR) is 46.0 cm³/mol. The van der Waals surface area contributed by atoms with Gasteiger partial charge in [-0.3, -0.25) is 0 Å². The van der Waals surface area contributed by atoms with Crippen molar-refractivity contribution in [1.29, 1.82) is 0 Å². The summed E-state index contributed by atoms with van der Waals surface area (Å²) in [4.78, 5) is 0. The van der Waals surface area contributed by atoms with Crippen LogP contribution in [0.3, 0.4) is 0 Å². The van der Waals surface area contributed by atoms with E-state index in [-0.39, 0.29) is 0 Å². The fraction of sp³-hybridized carbons (Fsp3) is 0.111. The van der Waals surface area contributed by atoms with Gasteiger partial charge in [0.05, 0.1) is 6.26 Å². The lowest BCUT2D eigenvalue weighted by atomic mass is 10.2. The predicted octanol–water partition coefficient (Wildman–Crippen LogP) is 3.39. The number of hydrogen-bond acceptors (Lipinski definition) is 1. The van der Waals surface area contributed by atoms with Gasteiger partial charge in [-0.25, -0.2) is 0 Å². The van der Waals surface area contributed by atoms with E-state index in [4.69, 9.17) is 16.0 Å². The highest BCUT2D eigenvalue weighted by Gasteiger charge is 2.00. The van der Waals surface area contributed by atoms with Crippen LogP contribution in [0.5, 0.6) is 0 Å². The second-order valence-electron chi connectivity index (χ2n) is 2.56. The molecular formula is C9H7ClO. The molecule has 0 amide bonds. The van der Waals surface area contributed by atoms with Crippen molar-refractivity contribution in [3.05, 3.63) is 35.0 Å². The van der Waals surface area contributed by atoms with Gasteiger partial charge in [-0.05, 0) is 30.7 Å². The minimum Gasteiger partial charge on any atom is -0.464 e. The van der Waals surface area contributed by atoms with Gasteiger partial charge in [-0.2, -0.15) is 0 Å². The van der Waals surface area contributed by atoms with Crippen molar-refractivity contribution in [3.8, 4) is 0 Å². The van der Waals surface area contributed by atoms with Crippen molar-refractivity contribution >= 4 is 22.6 Å². The summed E-state index contributed by atoms with van der Waals surface area (Å²) >= 11 is 5.90. The normalized spacial score (nSPS) is 10.7. The molecule has 56 valence electrons. The number of fused-ring (bicyclic) bond motifs is 1. The van der Waals surface area contributed by atoms with Crippen LogP contribution in [0.1, 0.15) is 5.56 Å². The molecule has 2 heteroatoms. The van der Waals surface area contributed by atoms with E-state index in [9.17, 15) is 0 Å². The van der Waals surface area contributed by atoms with E-state index in [2.05, 4.69) is 0 Å².